The van der Waals surface area contributed by atoms with Crippen LogP contribution in [0.15, 0.2) is 36.7 Å². The van der Waals surface area contributed by atoms with E-state index in [0.29, 0.717) is 6.54 Å². The molecule has 0 saturated heterocycles. The van der Waals surface area contributed by atoms with Crippen LogP contribution in [0.1, 0.15) is 18.1 Å². The number of rotatable bonds is 4. The van der Waals surface area contributed by atoms with Crippen molar-refractivity contribution in [3.63, 3.8) is 0 Å². The first-order valence-corrected chi connectivity index (χ1v) is 6.21. The minimum atomic E-state index is 0.400. The molecule has 18 heavy (non-hydrogen) atoms. The molecule has 1 aromatic heterocycles. The fourth-order valence-electron chi connectivity index (χ4n) is 1.68. The summed E-state index contributed by atoms with van der Waals surface area (Å²) in [6, 6.07) is 7.45. The second-order valence-electron chi connectivity index (χ2n) is 3.90. The molecule has 0 radical (unpaired) electrons. The van der Waals surface area contributed by atoms with E-state index >= 15 is 0 Å². The molecule has 0 aliphatic heterocycles. The lowest BCUT2D eigenvalue weighted by atomic mass is 10.1. The highest BCUT2D eigenvalue weighted by Gasteiger charge is 2.05. The van der Waals surface area contributed by atoms with Crippen LogP contribution >= 0.6 is 11.6 Å². The number of hydrogen-bond donors (Lipinski definition) is 1. The molecule has 0 amide bonds. The van der Waals surface area contributed by atoms with Crippen molar-refractivity contribution in [2.24, 2.45) is 5.73 Å². The van der Waals surface area contributed by atoms with E-state index in [1.54, 1.807) is 12.4 Å². The summed E-state index contributed by atoms with van der Waals surface area (Å²) in [5.41, 5.74) is 7.59. The van der Waals surface area contributed by atoms with Crippen LogP contribution in [0.25, 0.3) is 0 Å². The maximum absolute atomic E-state index is 6.07. The molecule has 0 aliphatic rings. The third-order valence-corrected chi connectivity index (χ3v) is 3.07. The summed E-state index contributed by atoms with van der Waals surface area (Å²) in [5.74, 6) is 1.49. The lowest BCUT2D eigenvalue weighted by Crippen LogP contribution is -2.00. The molecule has 2 N–H and O–H groups in total. The Morgan fingerprint density at radius 3 is 2.83 bits per heavy atom. The zero-order chi connectivity index (χ0) is 13.0. The van der Waals surface area contributed by atoms with E-state index in [1.165, 1.54) is 0 Å². The van der Waals surface area contributed by atoms with E-state index in [-0.39, 0.29) is 0 Å². The highest BCUT2D eigenvalue weighted by atomic mass is 35.5. The Morgan fingerprint density at radius 1 is 1.28 bits per heavy atom. The Balaban J connectivity index is 2.28. The van der Waals surface area contributed by atoms with Crippen molar-refractivity contribution in [3.05, 3.63) is 52.8 Å². The van der Waals surface area contributed by atoms with Crippen molar-refractivity contribution in [1.29, 1.82) is 0 Å². The number of hydrogen-bond acceptors (Lipinski definition) is 3. The van der Waals surface area contributed by atoms with Crippen molar-refractivity contribution in [3.8, 4) is 11.5 Å². The molecule has 1 aromatic carbocycles. The topological polar surface area (TPSA) is 48.1 Å². The van der Waals surface area contributed by atoms with Crippen molar-refractivity contribution < 1.29 is 4.74 Å². The van der Waals surface area contributed by atoms with Gasteiger partial charge in [-0.3, -0.25) is 4.98 Å². The van der Waals surface area contributed by atoms with E-state index in [1.807, 2.05) is 24.3 Å². The molecule has 94 valence electrons. The second-order valence-corrected chi connectivity index (χ2v) is 4.30. The van der Waals surface area contributed by atoms with Crippen LogP contribution in [0.5, 0.6) is 11.5 Å². The van der Waals surface area contributed by atoms with E-state index in [2.05, 4.69) is 11.9 Å². The van der Waals surface area contributed by atoms with Crippen LogP contribution in [0, 0.1) is 0 Å². The van der Waals surface area contributed by atoms with Crippen LogP contribution in [-0.4, -0.2) is 4.98 Å². The predicted octanol–water partition coefficient (Wildman–Crippen LogP) is 3.55. The smallest absolute Gasteiger partial charge is 0.134 e. The summed E-state index contributed by atoms with van der Waals surface area (Å²) < 4.78 is 5.82. The lowest BCUT2D eigenvalue weighted by Gasteiger charge is -2.10. The Labute approximate surface area is 112 Å². The van der Waals surface area contributed by atoms with Crippen LogP contribution in [0.3, 0.4) is 0 Å². The van der Waals surface area contributed by atoms with Gasteiger partial charge in [-0.2, -0.15) is 0 Å². The van der Waals surface area contributed by atoms with Crippen LogP contribution in [0.2, 0.25) is 5.02 Å². The molecule has 0 fully saturated rings. The number of aromatic nitrogens is 1. The Morgan fingerprint density at radius 2 is 2.11 bits per heavy atom. The third kappa shape index (κ3) is 2.81. The largest absolute Gasteiger partial charge is 0.457 e. The fourth-order valence-corrected chi connectivity index (χ4v) is 1.93. The number of ether oxygens (including phenoxy) is 1. The average Bonchev–Trinajstić information content (AvgIpc) is 2.41. The van der Waals surface area contributed by atoms with Gasteiger partial charge < -0.3 is 10.5 Å². The van der Waals surface area contributed by atoms with Gasteiger partial charge in [0, 0.05) is 29.5 Å². The molecule has 0 unspecified atom stereocenters. The van der Waals surface area contributed by atoms with E-state index in [9.17, 15) is 0 Å². The first kappa shape index (κ1) is 12.9. The summed E-state index contributed by atoms with van der Waals surface area (Å²) in [6.07, 6.45) is 4.27. The molecule has 0 bridgehead atoms. The molecule has 0 aliphatic carbocycles. The van der Waals surface area contributed by atoms with Crippen molar-refractivity contribution in [2.75, 3.05) is 0 Å². The Hall–Kier alpha value is -1.58. The number of benzene rings is 1. The zero-order valence-corrected chi connectivity index (χ0v) is 10.9. The molecule has 2 rings (SSSR count). The van der Waals surface area contributed by atoms with Gasteiger partial charge in [-0.15, -0.1) is 0 Å². The molecule has 3 nitrogen and oxygen atoms in total. The highest BCUT2D eigenvalue weighted by Crippen LogP contribution is 2.28. The van der Waals surface area contributed by atoms with Gasteiger partial charge in [0.15, 0.2) is 0 Å². The maximum atomic E-state index is 6.07. The summed E-state index contributed by atoms with van der Waals surface area (Å²) in [7, 11) is 0. The first-order chi connectivity index (χ1) is 8.74. The zero-order valence-electron chi connectivity index (χ0n) is 10.2. The number of nitrogens with two attached hydrogens (primary N) is 1. The van der Waals surface area contributed by atoms with Crippen molar-refractivity contribution >= 4 is 11.6 Å². The molecule has 4 heteroatoms. The predicted molar refractivity (Wildman–Crippen MR) is 73.0 cm³/mol. The molecular weight excluding hydrogens is 248 g/mol. The normalized spacial score (nSPS) is 10.4. The van der Waals surface area contributed by atoms with Gasteiger partial charge in [-0.05, 0) is 36.2 Å². The summed E-state index contributed by atoms with van der Waals surface area (Å²) in [6.45, 7) is 2.46. The molecular formula is C14H15ClN2O. The Bertz CT molecular complexity index is 543. The number of aryl methyl sites for hydroxylation is 1. The van der Waals surface area contributed by atoms with E-state index < -0.39 is 0 Å². The van der Waals surface area contributed by atoms with Gasteiger partial charge in [-0.25, -0.2) is 0 Å². The third-order valence-electron chi connectivity index (χ3n) is 2.70. The minimum absolute atomic E-state index is 0.400. The van der Waals surface area contributed by atoms with E-state index in [0.717, 1.165) is 34.1 Å². The summed E-state index contributed by atoms with van der Waals surface area (Å²) >= 11 is 6.07. The monoisotopic (exact) mass is 262 g/mol. The fraction of sp³-hybridized carbons (Fsp3) is 0.214. The van der Waals surface area contributed by atoms with E-state index in [4.69, 9.17) is 22.1 Å². The number of pyridine rings is 1. The molecule has 2 aromatic rings. The van der Waals surface area contributed by atoms with Crippen LogP contribution in [-0.2, 0) is 13.0 Å². The molecule has 1 heterocycles. The van der Waals surface area contributed by atoms with Crippen LogP contribution < -0.4 is 10.5 Å². The molecule has 0 atom stereocenters. The summed E-state index contributed by atoms with van der Waals surface area (Å²) in [4.78, 5) is 4.02. The lowest BCUT2D eigenvalue weighted by molar-refractivity contribution is 0.475. The number of halogens is 1. The maximum Gasteiger partial charge on any atom is 0.134 e. The summed E-state index contributed by atoms with van der Waals surface area (Å²) in [5, 5.41) is 0.763. The molecule has 0 saturated carbocycles. The standard InChI is InChI=1S/C14H15ClN2O/c1-2-10-7-12(3-4-13(10)15)18-14-5-6-17-9-11(14)8-16/h3-7,9H,2,8,16H2,1H3. The van der Waals surface area contributed by atoms with Gasteiger partial charge in [0.2, 0.25) is 0 Å². The average molecular weight is 263 g/mol. The van der Waals surface area contributed by atoms with Crippen molar-refractivity contribution in [1.82, 2.24) is 4.98 Å². The molecule has 0 spiro atoms. The van der Waals surface area contributed by atoms with Gasteiger partial charge in [-0.1, -0.05) is 18.5 Å². The first-order valence-electron chi connectivity index (χ1n) is 5.83. The second kappa shape index (κ2) is 5.85. The van der Waals surface area contributed by atoms with Crippen LogP contribution in [0.4, 0.5) is 0 Å². The quantitative estimate of drug-likeness (QED) is 0.917. The van der Waals surface area contributed by atoms with Gasteiger partial charge in [0.1, 0.15) is 11.5 Å². The highest BCUT2D eigenvalue weighted by molar-refractivity contribution is 6.31. The SMILES string of the molecule is CCc1cc(Oc2ccncc2CN)ccc1Cl. The number of nitrogens with zero attached hydrogens (tertiary/aromatic N) is 1. The van der Waals surface area contributed by atoms with Crippen molar-refractivity contribution in [2.45, 2.75) is 19.9 Å². The minimum Gasteiger partial charge on any atom is -0.457 e. The Kier molecular flexibility index (Phi) is 4.18. The van der Waals surface area contributed by atoms with Gasteiger partial charge in [0.05, 0.1) is 0 Å². The van der Waals surface area contributed by atoms with Gasteiger partial charge >= 0.3 is 0 Å². The van der Waals surface area contributed by atoms with Gasteiger partial charge in [0.25, 0.3) is 0 Å².